The average Bonchev–Trinajstić information content (AvgIpc) is 2.69. The number of rotatable bonds is 9. The van der Waals surface area contributed by atoms with Gasteiger partial charge in [-0.05, 0) is 49.7 Å². The lowest BCUT2D eigenvalue weighted by molar-refractivity contribution is -0.122. The van der Waals surface area contributed by atoms with Gasteiger partial charge in [0.1, 0.15) is 11.5 Å². The van der Waals surface area contributed by atoms with E-state index in [2.05, 4.69) is 17.6 Å². The molecule has 0 aliphatic heterocycles. The second-order valence-corrected chi connectivity index (χ2v) is 6.08. The summed E-state index contributed by atoms with van der Waals surface area (Å²) in [6.45, 7) is 4.32. The molecule has 0 aliphatic rings. The minimum atomic E-state index is -0.727. The summed E-state index contributed by atoms with van der Waals surface area (Å²) in [7, 11) is 1.59. The Kier molecular flexibility index (Phi) is 7.67. The monoisotopic (exact) mass is 370 g/mol. The van der Waals surface area contributed by atoms with Gasteiger partial charge in [0.2, 0.25) is 0 Å². The summed E-state index contributed by atoms with van der Waals surface area (Å²) in [5.74, 6) is 0.731. The molecule has 6 nitrogen and oxygen atoms in total. The Morgan fingerprint density at radius 1 is 1.04 bits per heavy atom. The molecule has 0 fully saturated rings. The molecule has 0 aromatic heterocycles. The second kappa shape index (κ2) is 10.2. The third kappa shape index (κ3) is 6.02. The van der Waals surface area contributed by atoms with E-state index in [0.717, 1.165) is 12.8 Å². The van der Waals surface area contributed by atoms with Crippen molar-refractivity contribution in [3.63, 3.8) is 0 Å². The van der Waals surface area contributed by atoms with Crippen LogP contribution in [0.3, 0.4) is 0 Å². The number of hydrogen-bond donors (Lipinski definition) is 2. The lowest BCUT2D eigenvalue weighted by Gasteiger charge is -2.16. The van der Waals surface area contributed by atoms with Gasteiger partial charge in [0.15, 0.2) is 6.10 Å². The minimum Gasteiger partial charge on any atom is -0.497 e. The van der Waals surface area contributed by atoms with Crippen LogP contribution in [0.5, 0.6) is 11.5 Å². The van der Waals surface area contributed by atoms with E-state index in [0.29, 0.717) is 29.3 Å². The first-order valence-corrected chi connectivity index (χ1v) is 9.04. The van der Waals surface area contributed by atoms with Crippen molar-refractivity contribution in [2.75, 3.05) is 19.0 Å². The number of anilines is 1. The van der Waals surface area contributed by atoms with Crippen molar-refractivity contribution in [1.29, 1.82) is 0 Å². The Morgan fingerprint density at radius 3 is 2.37 bits per heavy atom. The molecular formula is C21H26N2O4. The molecule has 27 heavy (non-hydrogen) atoms. The van der Waals surface area contributed by atoms with Crippen LogP contribution in [0.2, 0.25) is 0 Å². The summed E-state index contributed by atoms with van der Waals surface area (Å²) in [5.41, 5.74) is 0.889. The molecule has 2 rings (SSSR count). The van der Waals surface area contributed by atoms with Crippen LogP contribution in [0.1, 0.15) is 37.0 Å². The van der Waals surface area contributed by atoms with E-state index >= 15 is 0 Å². The maximum atomic E-state index is 12.5. The lowest BCUT2D eigenvalue weighted by Crippen LogP contribution is -2.32. The molecule has 2 aromatic carbocycles. The van der Waals surface area contributed by atoms with Gasteiger partial charge < -0.3 is 20.1 Å². The van der Waals surface area contributed by atoms with Crippen LogP contribution in [-0.4, -0.2) is 31.6 Å². The van der Waals surface area contributed by atoms with Gasteiger partial charge in [-0.3, -0.25) is 9.59 Å². The summed E-state index contributed by atoms with van der Waals surface area (Å²) >= 11 is 0. The van der Waals surface area contributed by atoms with Crippen LogP contribution in [0.15, 0.2) is 48.5 Å². The van der Waals surface area contributed by atoms with Crippen molar-refractivity contribution < 1.29 is 19.1 Å². The predicted octanol–water partition coefficient (Wildman–Crippen LogP) is 3.63. The summed E-state index contributed by atoms with van der Waals surface area (Å²) in [5, 5.41) is 5.63. The van der Waals surface area contributed by atoms with Gasteiger partial charge in [-0.25, -0.2) is 0 Å². The van der Waals surface area contributed by atoms with Crippen molar-refractivity contribution in [2.24, 2.45) is 0 Å². The molecule has 6 heteroatoms. The molecule has 144 valence electrons. The highest BCUT2D eigenvalue weighted by Gasteiger charge is 2.18. The number of carbonyl (C=O) groups excluding carboxylic acids is 2. The summed E-state index contributed by atoms with van der Waals surface area (Å²) in [4.78, 5) is 24.8. The fraction of sp³-hybridized carbons (Fsp3) is 0.333. The van der Waals surface area contributed by atoms with Crippen LogP contribution >= 0.6 is 0 Å². The van der Waals surface area contributed by atoms with Gasteiger partial charge in [0, 0.05) is 6.54 Å². The molecule has 0 heterocycles. The molecule has 0 spiro atoms. The maximum absolute atomic E-state index is 12.5. The van der Waals surface area contributed by atoms with Crippen LogP contribution < -0.4 is 20.1 Å². The van der Waals surface area contributed by atoms with Crippen LogP contribution in [0, 0.1) is 0 Å². The summed E-state index contributed by atoms with van der Waals surface area (Å²) in [6, 6.07) is 13.9. The zero-order chi connectivity index (χ0) is 19.6. The van der Waals surface area contributed by atoms with E-state index in [1.54, 1.807) is 62.6 Å². The Bertz CT molecular complexity index is 759. The van der Waals surface area contributed by atoms with Crippen LogP contribution in [0.4, 0.5) is 5.69 Å². The SMILES string of the molecule is CCCCNC(=O)c1ccccc1NC(=O)C(C)Oc1ccc(OC)cc1. The quantitative estimate of drug-likeness (QED) is 0.661. The highest BCUT2D eigenvalue weighted by molar-refractivity contribution is 6.04. The van der Waals surface area contributed by atoms with E-state index in [-0.39, 0.29) is 11.8 Å². The molecule has 1 atom stereocenters. The fourth-order valence-corrected chi connectivity index (χ4v) is 2.41. The Morgan fingerprint density at radius 2 is 1.70 bits per heavy atom. The largest absolute Gasteiger partial charge is 0.497 e. The molecule has 0 bridgehead atoms. The summed E-state index contributed by atoms with van der Waals surface area (Å²) in [6.07, 6.45) is 1.18. The average molecular weight is 370 g/mol. The molecule has 1 unspecified atom stereocenters. The minimum absolute atomic E-state index is 0.205. The van der Waals surface area contributed by atoms with Gasteiger partial charge in [0.25, 0.3) is 11.8 Å². The van der Waals surface area contributed by atoms with Crippen LogP contribution in [0.25, 0.3) is 0 Å². The third-order valence-electron chi connectivity index (χ3n) is 3.99. The number of para-hydroxylation sites is 1. The van der Waals surface area contributed by atoms with Gasteiger partial charge in [-0.1, -0.05) is 25.5 Å². The first-order chi connectivity index (χ1) is 13.0. The number of amides is 2. The van der Waals surface area contributed by atoms with Gasteiger partial charge in [-0.2, -0.15) is 0 Å². The number of nitrogens with one attached hydrogen (secondary N) is 2. The number of carbonyl (C=O) groups is 2. The van der Waals surface area contributed by atoms with Crippen molar-refractivity contribution in [1.82, 2.24) is 5.32 Å². The zero-order valence-electron chi connectivity index (χ0n) is 16.0. The Balaban J connectivity index is 2.00. The van der Waals surface area contributed by atoms with Gasteiger partial charge in [0.05, 0.1) is 18.4 Å². The van der Waals surface area contributed by atoms with Gasteiger partial charge in [-0.15, -0.1) is 0 Å². The van der Waals surface area contributed by atoms with Crippen molar-refractivity contribution in [3.8, 4) is 11.5 Å². The predicted molar refractivity (Wildman–Crippen MR) is 105 cm³/mol. The van der Waals surface area contributed by atoms with Crippen molar-refractivity contribution in [2.45, 2.75) is 32.8 Å². The van der Waals surface area contributed by atoms with E-state index in [1.807, 2.05) is 0 Å². The van der Waals surface area contributed by atoms with E-state index < -0.39 is 6.10 Å². The molecule has 0 radical (unpaired) electrons. The molecule has 0 saturated heterocycles. The number of unbranched alkanes of at least 4 members (excludes halogenated alkanes) is 1. The number of methoxy groups -OCH3 is 1. The molecule has 2 N–H and O–H groups in total. The van der Waals surface area contributed by atoms with E-state index in [9.17, 15) is 9.59 Å². The molecule has 0 aliphatic carbocycles. The topological polar surface area (TPSA) is 76.7 Å². The zero-order valence-corrected chi connectivity index (χ0v) is 16.0. The fourth-order valence-electron chi connectivity index (χ4n) is 2.41. The van der Waals surface area contributed by atoms with Crippen LogP contribution in [-0.2, 0) is 4.79 Å². The number of benzene rings is 2. The first kappa shape index (κ1) is 20.3. The molecule has 2 aromatic rings. The lowest BCUT2D eigenvalue weighted by atomic mass is 10.1. The van der Waals surface area contributed by atoms with Crippen molar-refractivity contribution >= 4 is 17.5 Å². The van der Waals surface area contributed by atoms with E-state index in [4.69, 9.17) is 9.47 Å². The summed E-state index contributed by atoms with van der Waals surface area (Å²) < 4.78 is 10.8. The first-order valence-electron chi connectivity index (χ1n) is 9.04. The number of hydrogen-bond acceptors (Lipinski definition) is 4. The molecule has 2 amide bonds. The van der Waals surface area contributed by atoms with Gasteiger partial charge >= 0.3 is 0 Å². The third-order valence-corrected chi connectivity index (χ3v) is 3.99. The Labute approximate surface area is 159 Å². The molecule has 0 saturated carbocycles. The number of ether oxygens (including phenoxy) is 2. The Hall–Kier alpha value is -3.02. The highest BCUT2D eigenvalue weighted by atomic mass is 16.5. The second-order valence-electron chi connectivity index (χ2n) is 6.08. The van der Waals surface area contributed by atoms with Crippen molar-refractivity contribution in [3.05, 3.63) is 54.1 Å². The standard InChI is InChI=1S/C21H26N2O4/c1-4-5-14-22-21(25)18-8-6-7-9-19(18)23-20(24)15(2)27-17-12-10-16(26-3)11-13-17/h6-13,15H,4-5,14H2,1-3H3,(H,22,25)(H,23,24). The molecular weight excluding hydrogens is 344 g/mol. The smallest absolute Gasteiger partial charge is 0.265 e. The maximum Gasteiger partial charge on any atom is 0.265 e. The highest BCUT2D eigenvalue weighted by Crippen LogP contribution is 2.19. The normalized spacial score (nSPS) is 11.4. The van der Waals surface area contributed by atoms with E-state index in [1.165, 1.54) is 0 Å².